The molecule has 4 amide bonds. The van der Waals surface area contributed by atoms with Gasteiger partial charge in [0.25, 0.3) is 5.91 Å². The molecular formula is C20H17ClFN3O3. The highest BCUT2D eigenvalue weighted by Crippen LogP contribution is 2.28. The molecule has 1 saturated heterocycles. The summed E-state index contributed by atoms with van der Waals surface area (Å²) in [4.78, 5) is 40.3. The summed E-state index contributed by atoms with van der Waals surface area (Å²) in [6.45, 7) is 3.72. The van der Waals surface area contributed by atoms with E-state index in [1.165, 1.54) is 35.2 Å². The van der Waals surface area contributed by atoms with Crippen LogP contribution >= 0.6 is 11.6 Å². The lowest BCUT2D eigenvalue weighted by Crippen LogP contribution is -2.38. The molecular weight excluding hydrogens is 385 g/mol. The minimum atomic E-state index is -0.971. The van der Waals surface area contributed by atoms with E-state index in [9.17, 15) is 18.8 Å². The summed E-state index contributed by atoms with van der Waals surface area (Å²) in [6.07, 6.45) is 1.25. The highest BCUT2D eigenvalue weighted by Gasteiger charge is 2.46. The maximum atomic E-state index is 13.0. The van der Waals surface area contributed by atoms with Gasteiger partial charge in [0.15, 0.2) is 0 Å². The number of halogens is 2. The van der Waals surface area contributed by atoms with Crippen LogP contribution in [0.3, 0.4) is 0 Å². The number of amides is 4. The average molecular weight is 402 g/mol. The lowest BCUT2D eigenvalue weighted by molar-refractivity contribution is -0.124. The predicted molar refractivity (Wildman–Crippen MR) is 105 cm³/mol. The van der Waals surface area contributed by atoms with E-state index < -0.39 is 29.7 Å². The average Bonchev–Trinajstić information content (AvgIpc) is 2.89. The first kappa shape index (κ1) is 19.6. The summed E-state index contributed by atoms with van der Waals surface area (Å²) in [5.41, 5.74) is 0.767. The molecule has 28 heavy (non-hydrogen) atoms. The van der Waals surface area contributed by atoms with Crippen molar-refractivity contribution in [2.24, 2.45) is 0 Å². The zero-order valence-corrected chi connectivity index (χ0v) is 15.5. The van der Waals surface area contributed by atoms with Crippen molar-refractivity contribution < 1.29 is 18.8 Å². The van der Waals surface area contributed by atoms with E-state index in [2.05, 4.69) is 11.9 Å². The van der Waals surface area contributed by atoms with Gasteiger partial charge in [0.05, 0.1) is 12.1 Å². The van der Waals surface area contributed by atoms with Crippen molar-refractivity contribution in [2.75, 3.05) is 16.8 Å². The topological polar surface area (TPSA) is 69.7 Å². The summed E-state index contributed by atoms with van der Waals surface area (Å²) in [5.74, 6) is -1.40. The van der Waals surface area contributed by atoms with Crippen LogP contribution in [0.1, 0.15) is 6.42 Å². The summed E-state index contributed by atoms with van der Waals surface area (Å²) in [7, 11) is 0. The van der Waals surface area contributed by atoms with Gasteiger partial charge in [-0.2, -0.15) is 0 Å². The molecule has 6 nitrogen and oxygen atoms in total. The van der Waals surface area contributed by atoms with Crippen molar-refractivity contribution in [3.05, 3.63) is 72.0 Å². The van der Waals surface area contributed by atoms with E-state index in [-0.39, 0.29) is 13.0 Å². The number of carbonyl (C=O) groups excluding carboxylic acids is 3. The minimum absolute atomic E-state index is 0.114. The van der Waals surface area contributed by atoms with Gasteiger partial charge in [-0.05, 0) is 48.5 Å². The molecule has 1 heterocycles. The zero-order valence-electron chi connectivity index (χ0n) is 14.8. The molecule has 0 bridgehead atoms. The Balaban J connectivity index is 1.79. The molecule has 0 aromatic heterocycles. The number of benzene rings is 2. The van der Waals surface area contributed by atoms with Crippen LogP contribution in [-0.4, -0.2) is 35.3 Å². The van der Waals surface area contributed by atoms with Gasteiger partial charge in [0.1, 0.15) is 11.9 Å². The van der Waals surface area contributed by atoms with Gasteiger partial charge in [-0.1, -0.05) is 17.7 Å². The fourth-order valence-electron chi connectivity index (χ4n) is 2.93. The van der Waals surface area contributed by atoms with Crippen LogP contribution < -0.4 is 10.2 Å². The number of carbonyl (C=O) groups is 3. The maximum Gasteiger partial charge on any atom is 0.332 e. The van der Waals surface area contributed by atoms with Crippen molar-refractivity contribution in [2.45, 2.75) is 12.5 Å². The SMILES string of the molecule is C=CCN1C(=O)N(c2ccc(Cl)cc2)C(=O)[C@H]1CC(=O)Nc1ccc(F)cc1. The number of hydrogen-bond donors (Lipinski definition) is 1. The number of nitrogens with one attached hydrogen (secondary N) is 1. The highest BCUT2D eigenvalue weighted by molar-refractivity contribution is 6.30. The Kier molecular flexibility index (Phi) is 5.75. The molecule has 0 saturated carbocycles. The largest absolute Gasteiger partial charge is 0.332 e. The quantitative estimate of drug-likeness (QED) is 0.590. The van der Waals surface area contributed by atoms with E-state index in [1.807, 2.05) is 0 Å². The van der Waals surface area contributed by atoms with Crippen molar-refractivity contribution in [1.82, 2.24) is 4.90 Å². The second kappa shape index (κ2) is 8.22. The Hall–Kier alpha value is -3.19. The standard InChI is InChI=1S/C20H17ClFN3O3/c1-2-11-24-17(12-18(26)23-15-7-5-14(22)6-8-15)19(27)25(20(24)28)16-9-3-13(21)4-10-16/h2-10,17H,1,11-12H2,(H,23,26)/t17-/m1/s1. The smallest absolute Gasteiger partial charge is 0.326 e. The van der Waals surface area contributed by atoms with E-state index in [0.29, 0.717) is 16.4 Å². The summed E-state index contributed by atoms with van der Waals surface area (Å²) in [5, 5.41) is 3.07. The molecule has 2 aromatic carbocycles. The number of anilines is 2. The van der Waals surface area contributed by atoms with Crippen LogP contribution in [0.2, 0.25) is 5.02 Å². The van der Waals surface area contributed by atoms with Gasteiger partial charge in [-0.15, -0.1) is 6.58 Å². The number of rotatable bonds is 6. The first-order valence-corrected chi connectivity index (χ1v) is 8.85. The molecule has 1 fully saturated rings. The molecule has 144 valence electrons. The van der Waals surface area contributed by atoms with Gasteiger partial charge in [0.2, 0.25) is 5.91 Å². The Morgan fingerprint density at radius 1 is 1.14 bits per heavy atom. The van der Waals surface area contributed by atoms with E-state index >= 15 is 0 Å². The molecule has 1 N–H and O–H groups in total. The lowest BCUT2D eigenvalue weighted by atomic mass is 10.1. The molecule has 1 aliphatic heterocycles. The van der Waals surface area contributed by atoms with Crippen molar-refractivity contribution in [1.29, 1.82) is 0 Å². The normalized spacial score (nSPS) is 16.4. The molecule has 1 atom stereocenters. The molecule has 0 radical (unpaired) electrons. The zero-order chi connectivity index (χ0) is 20.3. The van der Waals surface area contributed by atoms with Gasteiger partial charge in [-0.3, -0.25) is 9.59 Å². The summed E-state index contributed by atoms with van der Waals surface area (Å²) < 4.78 is 13.0. The number of nitrogens with zero attached hydrogens (tertiary/aromatic N) is 2. The van der Waals surface area contributed by atoms with Crippen LogP contribution in [0.4, 0.5) is 20.6 Å². The van der Waals surface area contributed by atoms with Crippen LogP contribution in [0, 0.1) is 5.82 Å². The first-order valence-electron chi connectivity index (χ1n) is 8.47. The first-order chi connectivity index (χ1) is 13.4. The second-order valence-electron chi connectivity index (χ2n) is 6.15. The Bertz CT molecular complexity index is 915. The second-order valence-corrected chi connectivity index (χ2v) is 6.59. The van der Waals surface area contributed by atoms with Gasteiger partial charge >= 0.3 is 6.03 Å². The minimum Gasteiger partial charge on any atom is -0.326 e. The fourth-order valence-corrected chi connectivity index (χ4v) is 3.05. The molecule has 3 rings (SSSR count). The third-order valence-corrected chi connectivity index (χ3v) is 4.49. The fraction of sp³-hybridized carbons (Fsp3) is 0.150. The van der Waals surface area contributed by atoms with E-state index in [1.54, 1.807) is 24.3 Å². The Morgan fingerprint density at radius 3 is 2.39 bits per heavy atom. The number of imide groups is 1. The Labute approximate surface area is 166 Å². The van der Waals surface area contributed by atoms with E-state index in [4.69, 9.17) is 11.6 Å². The molecule has 2 aromatic rings. The molecule has 1 aliphatic rings. The van der Waals surface area contributed by atoms with Gasteiger partial charge < -0.3 is 10.2 Å². The van der Waals surface area contributed by atoms with E-state index in [0.717, 1.165) is 4.90 Å². The van der Waals surface area contributed by atoms with Crippen molar-refractivity contribution >= 4 is 40.8 Å². The highest BCUT2D eigenvalue weighted by atomic mass is 35.5. The van der Waals surface area contributed by atoms with Crippen molar-refractivity contribution in [3.8, 4) is 0 Å². The lowest BCUT2D eigenvalue weighted by Gasteiger charge is -2.19. The number of urea groups is 1. The van der Waals surface area contributed by atoms with Crippen LogP contribution in [0.25, 0.3) is 0 Å². The predicted octanol–water partition coefficient (Wildman–Crippen LogP) is 3.83. The van der Waals surface area contributed by atoms with Gasteiger partial charge in [-0.25, -0.2) is 14.1 Å². The van der Waals surface area contributed by atoms with Crippen LogP contribution in [-0.2, 0) is 9.59 Å². The summed E-state index contributed by atoms with van der Waals surface area (Å²) in [6, 6.07) is 10.0. The molecule has 8 heteroatoms. The van der Waals surface area contributed by atoms with Gasteiger partial charge in [0, 0.05) is 17.3 Å². The van der Waals surface area contributed by atoms with Crippen LogP contribution in [0.15, 0.2) is 61.2 Å². The van der Waals surface area contributed by atoms with Crippen molar-refractivity contribution in [3.63, 3.8) is 0 Å². The monoisotopic (exact) mass is 401 g/mol. The molecule has 0 unspecified atom stereocenters. The summed E-state index contributed by atoms with van der Waals surface area (Å²) >= 11 is 5.87. The Morgan fingerprint density at radius 2 is 1.79 bits per heavy atom. The maximum absolute atomic E-state index is 13.0. The third kappa shape index (κ3) is 4.04. The van der Waals surface area contributed by atoms with Crippen LogP contribution in [0.5, 0.6) is 0 Å². The molecule has 0 aliphatic carbocycles. The molecule has 0 spiro atoms. The third-order valence-electron chi connectivity index (χ3n) is 4.24. The number of hydrogen-bond acceptors (Lipinski definition) is 3.